The Morgan fingerprint density at radius 3 is 2.39 bits per heavy atom. The van der Waals surface area contributed by atoms with Crippen LogP contribution in [0.4, 0.5) is 19.0 Å². The molecule has 7 rings (SSSR count). The molecule has 5 heterocycles. The normalized spacial score (nSPS) is 19.5. The third kappa shape index (κ3) is 5.99. The number of likely N-dealkylation sites (tertiary alicyclic amines) is 1. The van der Waals surface area contributed by atoms with Gasteiger partial charge in [0.1, 0.15) is 18.2 Å². The van der Waals surface area contributed by atoms with Crippen molar-refractivity contribution in [3.63, 3.8) is 0 Å². The monoisotopic (exact) mass is 602 g/mol. The van der Waals surface area contributed by atoms with Crippen LogP contribution >= 0.6 is 0 Å². The average Bonchev–Trinajstić information content (AvgIpc) is 3.36. The summed E-state index contributed by atoms with van der Waals surface area (Å²) < 4.78 is 41.3. The lowest BCUT2D eigenvalue weighted by Crippen LogP contribution is -2.60. The van der Waals surface area contributed by atoms with Crippen molar-refractivity contribution in [3.8, 4) is 6.07 Å². The Hall–Kier alpha value is -3.72. The van der Waals surface area contributed by atoms with Gasteiger partial charge in [-0.25, -0.2) is 9.97 Å². The number of piperazine rings is 1. The number of piperidine rings is 1. The number of hydrogen-bond donors (Lipinski definition) is 1. The summed E-state index contributed by atoms with van der Waals surface area (Å²) in [4.78, 5) is 15.9. The molecule has 0 saturated carbocycles. The molecule has 0 radical (unpaired) electrons. The Kier molecular flexibility index (Phi) is 7.69. The third-order valence-corrected chi connectivity index (χ3v) is 9.69. The van der Waals surface area contributed by atoms with E-state index < -0.39 is 12.6 Å². The molecule has 0 amide bonds. The molecule has 3 aliphatic rings. The number of hydrogen-bond acceptors (Lipinski definition) is 7. The van der Waals surface area contributed by atoms with Crippen LogP contribution in [0, 0.1) is 16.7 Å². The van der Waals surface area contributed by atoms with Crippen LogP contribution in [0.2, 0.25) is 0 Å². The van der Waals surface area contributed by atoms with Crippen LogP contribution in [0.15, 0.2) is 48.9 Å². The van der Waals surface area contributed by atoms with Crippen LogP contribution < -0.4 is 10.2 Å². The number of fused-ring (bicyclic) bond motifs is 2. The van der Waals surface area contributed by atoms with E-state index in [1.165, 1.54) is 18.0 Å². The predicted octanol–water partition coefficient (Wildman–Crippen LogP) is 4.57. The standard InChI is InChI=1S/C33H37F3N8/c34-33(35,36)17-24-1-3-29-28(15-24)31(40-23-39-29)44-21-32(22-44)5-9-42(10-6-32)19-25-2-4-30-27(16-25)26(18-37)20-43(30)14-13-41-11-7-38-8-12-41/h1-4,15-16,20,23,38H,5-14,17,19,21-22H2. The highest BCUT2D eigenvalue weighted by Crippen LogP contribution is 2.44. The first-order valence-corrected chi connectivity index (χ1v) is 15.5. The van der Waals surface area contributed by atoms with Gasteiger partial charge >= 0.3 is 6.18 Å². The van der Waals surface area contributed by atoms with Gasteiger partial charge in [0.2, 0.25) is 0 Å². The minimum atomic E-state index is -4.25. The predicted molar refractivity (Wildman–Crippen MR) is 164 cm³/mol. The quantitative estimate of drug-likeness (QED) is 0.332. The maximum absolute atomic E-state index is 13.0. The van der Waals surface area contributed by atoms with E-state index >= 15 is 0 Å². The second-order valence-electron chi connectivity index (χ2n) is 12.8. The summed E-state index contributed by atoms with van der Waals surface area (Å²) in [5, 5.41) is 15.0. The largest absolute Gasteiger partial charge is 0.393 e. The van der Waals surface area contributed by atoms with Crippen molar-refractivity contribution >= 4 is 27.6 Å². The minimum absolute atomic E-state index is 0.205. The van der Waals surface area contributed by atoms with Gasteiger partial charge in [0.05, 0.1) is 17.5 Å². The fourth-order valence-electron chi connectivity index (χ4n) is 7.26. The SMILES string of the molecule is N#Cc1cn(CCN2CCNCC2)c2ccc(CN3CCC4(CC3)CN(c3ncnc5ccc(CC(F)(F)F)cc35)C4)cc12. The van der Waals surface area contributed by atoms with Gasteiger partial charge in [0, 0.05) is 86.8 Å². The maximum Gasteiger partial charge on any atom is 0.393 e. The fourth-order valence-corrected chi connectivity index (χ4v) is 7.26. The molecule has 1 N–H and O–H groups in total. The van der Waals surface area contributed by atoms with Crippen molar-refractivity contribution in [2.75, 3.05) is 63.8 Å². The van der Waals surface area contributed by atoms with E-state index in [9.17, 15) is 18.4 Å². The first kappa shape index (κ1) is 29.0. The van der Waals surface area contributed by atoms with E-state index in [2.05, 4.69) is 58.8 Å². The van der Waals surface area contributed by atoms with Gasteiger partial charge in [-0.3, -0.25) is 9.80 Å². The number of halogens is 3. The fraction of sp³-hybridized carbons (Fsp3) is 0.485. The topological polar surface area (TPSA) is 76.2 Å². The van der Waals surface area contributed by atoms with E-state index in [0.29, 0.717) is 10.9 Å². The molecule has 0 atom stereocenters. The molecule has 2 aromatic heterocycles. The van der Waals surface area contributed by atoms with Gasteiger partial charge in [0.15, 0.2) is 0 Å². The highest BCUT2D eigenvalue weighted by molar-refractivity contribution is 5.90. The number of nitrogens with one attached hydrogen (secondary N) is 1. The number of nitriles is 1. The van der Waals surface area contributed by atoms with E-state index in [0.717, 1.165) is 107 Å². The molecular weight excluding hydrogens is 565 g/mol. The molecule has 2 aromatic carbocycles. The van der Waals surface area contributed by atoms with Crippen molar-refractivity contribution in [3.05, 3.63) is 65.6 Å². The molecule has 3 saturated heterocycles. The van der Waals surface area contributed by atoms with Crippen molar-refractivity contribution in [1.82, 2.24) is 29.7 Å². The number of nitrogens with zero attached hydrogens (tertiary/aromatic N) is 7. The molecular formula is C33H37F3N8. The molecule has 1 spiro atoms. The molecule has 0 unspecified atom stereocenters. The summed E-state index contributed by atoms with van der Waals surface area (Å²) in [5.74, 6) is 0.730. The first-order valence-electron chi connectivity index (χ1n) is 15.5. The highest BCUT2D eigenvalue weighted by atomic mass is 19.4. The number of rotatable bonds is 7. The van der Waals surface area contributed by atoms with Gasteiger partial charge < -0.3 is 14.8 Å². The van der Waals surface area contributed by atoms with E-state index in [-0.39, 0.29) is 11.0 Å². The van der Waals surface area contributed by atoms with Crippen LogP contribution in [0.5, 0.6) is 0 Å². The average molecular weight is 603 g/mol. The minimum Gasteiger partial charge on any atom is -0.355 e. The summed E-state index contributed by atoms with van der Waals surface area (Å²) in [7, 11) is 0. The van der Waals surface area contributed by atoms with Gasteiger partial charge in [-0.1, -0.05) is 12.1 Å². The Balaban J connectivity index is 0.973. The number of benzene rings is 2. The molecule has 44 heavy (non-hydrogen) atoms. The van der Waals surface area contributed by atoms with Crippen LogP contribution in [0.3, 0.4) is 0 Å². The molecule has 0 aliphatic carbocycles. The zero-order chi connectivity index (χ0) is 30.3. The smallest absolute Gasteiger partial charge is 0.355 e. The van der Waals surface area contributed by atoms with Crippen molar-refractivity contribution in [1.29, 1.82) is 5.26 Å². The lowest BCUT2D eigenvalue weighted by molar-refractivity contribution is -0.127. The van der Waals surface area contributed by atoms with E-state index in [1.54, 1.807) is 12.1 Å². The van der Waals surface area contributed by atoms with Gasteiger partial charge in [-0.15, -0.1) is 0 Å². The first-order chi connectivity index (χ1) is 21.3. The molecule has 3 aliphatic heterocycles. The second-order valence-corrected chi connectivity index (χ2v) is 12.8. The second kappa shape index (κ2) is 11.7. The van der Waals surface area contributed by atoms with Crippen molar-refractivity contribution in [2.24, 2.45) is 5.41 Å². The molecule has 0 bridgehead atoms. The molecule has 11 heteroatoms. The summed E-state index contributed by atoms with van der Waals surface area (Å²) in [6.45, 7) is 10.6. The molecule has 3 fully saturated rings. The van der Waals surface area contributed by atoms with Gasteiger partial charge in [-0.2, -0.15) is 18.4 Å². The van der Waals surface area contributed by atoms with E-state index in [4.69, 9.17) is 0 Å². The van der Waals surface area contributed by atoms with Crippen LogP contribution in [0.1, 0.15) is 29.5 Å². The Morgan fingerprint density at radius 2 is 1.64 bits per heavy atom. The van der Waals surface area contributed by atoms with Crippen LogP contribution in [-0.4, -0.2) is 89.4 Å². The highest BCUT2D eigenvalue weighted by Gasteiger charge is 2.45. The number of alkyl halides is 3. The molecule has 4 aromatic rings. The zero-order valence-corrected chi connectivity index (χ0v) is 24.8. The zero-order valence-electron chi connectivity index (χ0n) is 24.8. The van der Waals surface area contributed by atoms with Gasteiger partial charge in [0.25, 0.3) is 0 Å². The number of anilines is 1. The summed E-state index contributed by atoms with van der Waals surface area (Å²) in [6, 6.07) is 13.7. The summed E-state index contributed by atoms with van der Waals surface area (Å²) in [6.07, 6.45) is 0.438. The Morgan fingerprint density at radius 1 is 0.886 bits per heavy atom. The summed E-state index contributed by atoms with van der Waals surface area (Å²) in [5.41, 5.74) is 4.19. The molecule has 8 nitrogen and oxygen atoms in total. The lowest BCUT2D eigenvalue weighted by atomic mass is 9.72. The van der Waals surface area contributed by atoms with Crippen LogP contribution in [-0.2, 0) is 19.5 Å². The lowest BCUT2D eigenvalue weighted by Gasteiger charge is -2.54. The van der Waals surface area contributed by atoms with Crippen LogP contribution in [0.25, 0.3) is 21.8 Å². The van der Waals surface area contributed by atoms with Crippen molar-refractivity contribution < 1.29 is 13.2 Å². The third-order valence-electron chi connectivity index (χ3n) is 9.69. The van der Waals surface area contributed by atoms with E-state index in [1.807, 2.05) is 6.20 Å². The Labute approximate surface area is 255 Å². The maximum atomic E-state index is 13.0. The summed E-state index contributed by atoms with van der Waals surface area (Å²) >= 11 is 0. The molecule has 230 valence electrons. The van der Waals surface area contributed by atoms with Gasteiger partial charge in [-0.05, 0) is 61.3 Å². The number of aromatic nitrogens is 3. The Bertz CT molecular complexity index is 1690. The van der Waals surface area contributed by atoms with Crippen molar-refractivity contribution in [2.45, 2.75) is 38.5 Å².